The highest BCUT2D eigenvalue weighted by Gasteiger charge is 2.22. The van der Waals surface area contributed by atoms with Crippen LogP contribution in [0, 0.1) is 0 Å². The normalized spacial score (nSPS) is 23.2. The van der Waals surface area contributed by atoms with Gasteiger partial charge in [-0.05, 0) is 32.7 Å². The van der Waals surface area contributed by atoms with Crippen molar-refractivity contribution in [2.75, 3.05) is 26.7 Å². The summed E-state index contributed by atoms with van der Waals surface area (Å²) in [6.07, 6.45) is 13.0. The van der Waals surface area contributed by atoms with E-state index in [9.17, 15) is 4.79 Å². The third kappa shape index (κ3) is 4.79. The van der Waals surface area contributed by atoms with E-state index in [2.05, 4.69) is 16.8 Å². The summed E-state index contributed by atoms with van der Waals surface area (Å²) in [4.78, 5) is 16.8. The quantitative estimate of drug-likeness (QED) is 0.733. The molecule has 0 aromatic rings. The largest absolute Gasteiger partial charge is 0.342 e. The third-order valence-corrected chi connectivity index (χ3v) is 4.79. The zero-order valence-electron chi connectivity index (χ0n) is 12.6. The van der Waals surface area contributed by atoms with E-state index in [0.29, 0.717) is 18.5 Å². The van der Waals surface area contributed by atoms with Crippen molar-refractivity contribution in [1.29, 1.82) is 0 Å². The molecule has 0 bridgehead atoms. The Balaban J connectivity index is 1.79. The van der Waals surface area contributed by atoms with Gasteiger partial charge in [0.15, 0.2) is 0 Å². The lowest BCUT2D eigenvalue weighted by molar-refractivity contribution is -0.132. The molecule has 2 rings (SSSR count). The topological polar surface area (TPSA) is 23.6 Å². The van der Waals surface area contributed by atoms with Gasteiger partial charge in [0, 0.05) is 19.1 Å². The summed E-state index contributed by atoms with van der Waals surface area (Å²) in [6, 6.07) is 0.637. The highest BCUT2D eigenvalue weighted by atomic mass is 16.2. The maximum absolute atomic E-state index is 12.4. The van der Waals surface area contributed by atoms with Crippen molar-refractivity contribution in [3.63, 3.8) is 0 Å². The van der Waals surface area contributed by atoms with Crippen molar-refractivity contribution < 1.29 is 4.79 Å². The van der Waals surface area contributed by atoms with Crippen LogP contribution in [0.15, 0.2) is 0 Å². The number of rotatable bonds is 3. The predicted octanol–water partition coefficient (Wildman–Crippen LogP) is 3.04. The summed E-state index contributed by atoms with van der Waals surface area (Å²) in [5.74, 6) is 0.355. The summed E-state index contributed by atoms with van der Waals surface area (Å²) >= 11 is 0. The summed E-state index contributed by atoms with van der Waals surface area (Å²) in [7, 11) is 2.14. The molecule has 0 aromatic carbocycles. The molecule has 1 heterocycles. The molecule has 19 heavy (non-hydrogen) atoms. The SMILES string of the molecule is CN(CC(=O)N1CCCCCC1)C1CCCCCC1. The fourth-order valence-electron chi connectivity index (χ4n) is 3.46. The molecule has 3 nitrogen and oxygen atoms in total. The lowest BCUT2D eigenvalue weighted by Gasteiger charge is -2.29. The number of nitrogens with zero attached hydrogens (tertiary/aromatic N) is 2. The molecule has 0 atom stereocenters. The minimum absolute atomic E-state index is 0.355. The molecule has 1 aliphatic carbocycles. The smallest absolute Gasteiger partial charge is 0.236 e. The average Bonchev–Trinajstić information content (AvgIpc) is 2.83. The molecule has 2 aliphatic rings. The summed E-state index contributed by atoms with van der Waals surface area (Å²) in [5.41, 5.74) is 0. The molecule has 1 saturated carbocycles. The van der Waals surface area contributed by atoms with Crippen LogP contribution in [-0.4, -0.2) is 48.4 Å². The van der Waals surface area contributed by atoms with Crippen molar-refractivity contribution in [3.8, 4) is 0 Å². The van der Waals surface area contributed by atoms with Crippen molar-refractivity contribution in [2.24, 2.45) is 0 Å². The molecule has 2 fully saturated rings. The first-order chi connectivity index (χ1) is 9.27. The van der Waals surface area contributed by atoms with Crippen molar-refractivity contribution in [3.05, 3.63) is 0 Å². The van der Waals surface area contributed by atoms with E-state index in [0.717, 1.165) is 13.1 Å². The summed E-state index contributed by atoms with van der Waals surface area (Å²) in [5, 5.41) is 0. The standard InChI is InChI=1S/C16H30N2O/c1-17(15-10-6-2-3-7-11-15)14-16(19)18-12-8-4-5-9-13-18/h15H,2-14H2,1H3. The molecule has 3 heteroatoms. The van der Waals surface area contributed by atoms with Crippen LogP contribution >= 0.6 is 0 Å². The zero-order chi connectivity index (χ0) is 13.5. The van der Waals surface area contributed by atoms with Crippen LogP contribution in [0.25, 0.3) is 0 Å². The molecule has 0 N–H and O–H groups in total. The molecular weight excluding hydrogens is 236 g/mol. The lowest BCUT2D eigenvalue weighted by atomic mass is 10.1. The van der Waals surface area contributed by atoms with Gasteiger partial charge in [-0.15, -0.1) is 0 Å². The van der Waals surface area contributed by atoms with Crippen LogP contribution in [0.4, 0.5) is 0 Å². The van der Waals surface area contributed by atoms with Gasteiger partial charge in [-0.1, -0.05) is 38.5 Å². The number of hydrogen-bond acceptors (Lipinski definition) is 2. The monoisotopic (exact) mass is 266 g/mol. The predicted molar refractivity (Wildman–Crippen MR) is 79.2 cm³/mol. The van der Waals surface area contributed by atoms with Gasteiger partial charge in [0.2, 0.25) is 5.91 Å². The van der Waals surface area contributed by atoms with Gasteiger partial charge in [0.05, 0.1) is 6.54 Å². The Kier molecular flexibility index (Phi) is 6.15. The first kappa shape index (κ1) is 14.8. The van der Waals surface area contributed by atoms with Crippen LogP contribution < -0.4 is 0 Å². The summed E-state index contributed by atoms with van der Waals surface area (Å²) in [6.45, 7) is 2.60. The molecule has 0 unspecified atom stereocenters. The Morgan fingerprint density at radius 3 is 2.05 bits per heavy atom. The van der Waals surface area contributed by atoms with Gasteiger partial charge in [0.25, 0.3) is 0 Å². The highest BCUT2D eigenvalue weighted by Crippen LogP contribution is 2.21. The van der Waals surface area contributed by atoms with Crippen LogP contribution in [0.3, 0.4) is 0 Å². The molecular formula is C16H30N2O. The Morgan fingerprint density at radius 1 is 0.947 bits per heavy atom. The van der Waals surface area contributed by atoms with Crippen LogP contribution in [0.1, 0.15) is 64.2 Å². The van der Waals surface area contributed by atoms with E-state index < -0.39 is 0 Å². The van der Waals surface area contributed by atoms with Gasteiger partial charge in [-0.25, -0.2) is 0 Å². The molecule has 0 radical (unpaired) electrons. The van der Waals surface area contributed by atoms with E-state index in [1.165, 1.54) is 64.2 Å². The second kappa shape index (κ2) is 7.88. The van der Waals surface area contributed by atoms with E-state index in [1.807, 2.05) is 0 Å². The minimum Gasteiger partial charge on any atom is -0.342 e. The second-order valence-corrected chi connectivity index (χ2v) is 6.36. The van der Waals surface area contributed by atoms with E-state index in [-0.39, 0.29) is 0 Å². The number of hydrogen-bond donors (Lipinski definition) is 0. The minimum atomic E-state index is 0.355. The third-order valence-electron chi connectivity index (χ3n) is 4.79. The van der Waals surface area contributed by atoms with Gasteiger partial charge in [-0.3, -0.25) is 9.69 Å². The molecule has 1 amide bonds. The van der Waals surface area contributed by atoms with Crippen LogP contribution in [0.2, 0.25) is 0 Å². The first-order valence-corrected chi connectivity index (χ1v) is 8.25. The maximum atomic E-state index is 12.4. The Morgan fingerprint density at radius 2 is 1.47 bits per heavy atom. The average molecular weight is 266 g/mol. The molecule has 1 saturated heterocycles. The maximum Gasteiger partial charge on any atom is 0.236 e. The summed E-state index contributed by atoms with van der Waals surface area (Å²) < 4.78 is 0. The van der Waals surface area contributed by atoms with Crippen LogP contribution in [-0.2, 0) is 4.79 Å². The Labute approximate surface area is 118 Å². The van der Waals surface area contributed by atoms with Crippen molar-refractivity contribution in [1.82, 2.24) is 9.80 Å². The van der Waals surface area contributed by atoms with E-state index >= 15 is 0 Å². The molecule has 1 aliphatic heterocycles. The van der Waals surface area contributed by atoms with Gasteiger partial charge < -0.3 is 4.90 Å². The lowest BCUT2D eigenvalue weighted by Crippen LogP contribution is -2.43. The fourth-order valence-corrected chi connectivity index (χ4v) is 3.46. The number of carbonyl (C=O) groups excluding carboxylic acids is 1. The van der Waals surface area contributed by atoms with Gasteiger partial charge in [-0.2, -0.15) is 0 Å². The number of amides is 1. The number of carbonyl (C=O) groups is 1. The Hall–Kier alpha value is -0.570. The van der Waals surface area contributed by atoms with Gasteiger partial charge >= 0.3 is 0 Å². The zero-order valence-corrected chi connectivity index (χ0v) is 12.6. The number of likely N-dealkylation sites (tertiary alicyclic amines) is 1. The molecule has 0 aromatic heterocycles. The fraction of sp³-hybridized carbons (Fsp3) is 0.938. The Bertz CT molecular complexity index is 264. The molecule has 110 valence electrons. The van der Waals surface area contributed by atoms with Crippen molar-refractivity contribution >= 4 is 5.91 Å². The van der Waals surface area contributed by atoms with Gasteiger partial charge in [0.1, 0.15) is 0 Å². The van der Waals surface area contributed by atoms with E-state index in [4.69, 9.17) is 0 Å². The first-order valence-electron chi connectivity index (χ1n) is 8.25. The van der Waals surface area contributed by atoms with Crippen molar-refractivity contribution in [2.45, 2.75) is 70.3 Å². The second-order valence-electron chi connectivity index (χ2n) is 6.36. The highest BCUT2D eigenvalue weighted by molar-refractivity contribution is 5.78. The number of likely N-dealkylation sites (N-methyl/N-ethyl adjacent to an activating group) is 1. The van der Waals surface area contributed by atoms with E-state index in [1.54, 1.807) is 0 Å². The molecule has 0 spiro atoms. The van der Waals surface area contributed by atoms with Crippen LogP contribution in [0.5, 0.6) is 0 Å².